The van der Waals surface area contributed by atoms with Gasteiger partial charge in [0.1, 0.15) is 0 Å². The molecule has 2 aliphatic carbocycles. The van der Waals surface area contributed by atoms with Crippen molar-refractivity contribution in [2.24, 2.45) is 11.8 Å². The second kappa shape index (κ2) is 36.0. The highest BCUT2D eigenvalue weighted by molar-refractivity contribution is 6.87. The van der Waals surface area contributed by atoms with Crippen LogP contribution in [0.15, 0.2) is 0 Å². The number of ether oxygens (including phenoxy) is 3. The lowest BCUT2D eigenvalue weighted by Gasteiger charge is -2.39. The van der Waals surface area contributed by atoms with Gasteiger partial charge in [0.15, 0.2) is 33.3 Å². The van der Waals surface area contributed by atoms with Crippen molar-refractivity contribution >= 4 is 74.9 Å². The van der Waals surface area contributed by atoms with Gasteiger partial charge < -0.3 is 38.9 Å². The Balaban J connectivity index is -0.000000254. The fraction of sp³-hybridized carbons (Fsp3) is 0.980. The minimum Gasteiger partial charge on any atom is -0.465 e. The number of hydrogen-bond donors (Lipinski definition) is 0. The molecule has 4 fully saturated rings. The minimum absolute atomic E-state index is 0. The van der Waals surface area contributed by atoms with Gasteiger partial charge in [-0.1, -0.05) is 119 Å². The molecule has 0 aromatic heterocycles. The maximum Gasteiger partial charge on any atom is 0.315 e. The average molecular weight is 1110 g/mol. The summed E-state index contributed by atoms with van der Waals surface area (Å²) in [5.74, 6) is 0.575. The summed E-state index contributed by atoms with van der Waals surface area (Å²) in [6, 6.07) is 6.65. The third kappa shape index (κ3) is 29.7. The van der Waals surface area contributed by atoms with E-state index in [4.69, 9.17) is 38.9 Å². The molecular weight excluding hydrogens is 985 g/mol. The van der Waals surface area contributed by atoms with Gasteiger partial charge in [0.2, 0.25) is 0 Å². The van der Waals surface area contributed by atoms with Crippen LogP contribution in [-0.2, 0) is 43.7 Å². The Hall–Kier alpha value is 0.885. The van der Waals surface area contributed by atoms with Crippen LogP contribution in [0.5, 0.6) is 0 Å². The standard InChI is InChI=1S/C22H48O6Si4.C20H46O4Si4.8CH4/c1-9-16-30(4,5)26-29(3)27-32(8,28-31(6,7)17-10-2)18-12-15-24-22(23)19-13-11-14-20-21(19)25-20;1-9-15-26(4,5)22-25(3)23-28(8,24-27(6,7)16-10-2)17-14-18-12-11-13-19-20(18)21-19;;;;;;;;/h19-21,29H,9-18H2,1-8H3;18-20,25H,9-17H2,1-8H3;8*1H4. The van der Waals surface area contributed by atoms with Crippen molar-refractivity contribution in [1.29, 1.82) is 0 Å². The monoisotopic (exact) mass is 1110 g/mol. The Bertz CT molecular complexity index is 1290. The first kappa shape index (κ1) is 80.3. The predicted molar refractivity (Wildman–Crippen MR) is 322 cm³/mol. The molecule has 68 heavy (non-hydrogen) atoms. The molecule has 418 valence electrons. The molecule has 10 unspecified atom stereocenters. The molecule has 0 bridgehead atoms. The Morgan fingerprint density at radius 3 is 1.32 bits per heavy atom. The molecule has 2 heterocycles. The lowest BCUT2D eigenvalue weighted by atomic mass is 9.87. The normalized spacial score (nSPS) is 24.1. The highest BCUT2D eigenvalue weighted by atomic mass is 28.5. The van der Waals surface area contributed by atoms with E-state index in [1.54, 1.807) is 0 Å². The van der Waals surface area contributed by atoms with E-state index in [0.29, 0.717) is 24.9 Å². The first-order chi connectivity index (χ1) is 27.9. The van der Waals surface area contributed by atoms with Gasteiger partial charge in [-0.3, -0.25) is 4.79 Å². The van der Waals surface area contributed by atoms with Gasteiger partial charge in [0.05, 0.1) is 36.9 Å². The molecule has 2 aliphatic heterocycles. The summed E-state index contributed by atoms with van der Waals surface area (Å²) in [7, 11) is -14.9. The fourth-order valence-electron chi connectivity index (χ4n) is 10.4. The molecule has 0 spiro atoms. The van der Waals surface area contributed by atoms with Crippen LogP contribution in [0.25, 0.3) is 0 Å². The number of fused-ring (bicyclic) bond motifs is 2. The topological polar surface area (TPSA) is 107 Å². The van der Waals surface area contributed by atoms with Crippen molar-refractivity contribution in [2.45, 2.75) is 303 Å². The van der Waals surface area contributed by atoms with Gasteiger partial charge in [-0.15, -0.1) is 0 Å². The molecule has 0 amide bonds. The zero-order valence-corrected chi connectivity index (χ0v) is 49.9. The van der Waals surface area contributed by atoms with Crippen molar-refractivity contribution in [3.8, 4) is 0 Å². The lowest BCUT2D eigenvalue weighted by Crippen LogP contribution is -2.53. The summed E-state index contributed by atoms with van der Waals surface area (Å²) < 4.78 is 57.5. The van der Waals surface area contributed by atoms with Crippen LogP contribution >= 0.6 is 0 Å². The van der Waals surface area contributed by atoms with E-state index < -0.39 is 69.0 Å². The summed E-state index contributed by atoms with van der Waals surface area (Å²) in [6.45, 7) is 36.9. The highest BCUT2D eigenvalue weighted by Gasteiger charge is 2.51. The predicted octanol–water partition coefficient (Wildman–Crippen LogP) is 16.9. The Morgan fingerprint density at radius 2 is 0.882 bits per heavy atom. The van der Waals surface area contributed by atoms with E-state index in [-0.39, 0.29) is 77.4 Å². The smallest absolute Gasteiger partial charge is 0.315 e. The first-order valence-corrected chi connectivity index (χ1v) is 46.2. The third-order valence-corrected chi connectivity index (χ3v) is 44.2. The maximum atomic E-state index is 12.5. The van der Waals surface area contributed by atoms with Gasteiger partial charge in [-0.25, -0.2) is 0 Å². The molecule has 0 aromatic rings. The minimum atomic E-state index is -2.42. The summed E-state index contributed by atoms with van der Waals surface area (Å²) >= 11 is 0. The van der Waals surface area contributed by atoms with Crippen LogP contribution in [0.2, 0.25) is 115 Å². The number of hydrogen-bond acceptors (Lipinski definition) is 10. The molecule has 4 aliphatic rings. The van der Waals surface area contributed by atoms with Crippen molar-refractivity contribution < 1.29 is 43.7 Å². The maximum absolute atomic E-state index is 12.5. The van der Waals surface area contributed by atoms with E-state index in [1.165, 1.54) is 50.6 Å². The van der Waals surface area contributed by atoms with Gasteiger partial charge in [0.25, 0.3) is 18.6 Å². The van der Waals surface area contributed by atoms with E-state index in [9.17, 15) is 4.79 Å². The third-order valence-electron chi connectivity index (χ3n) is 12.7. The Kier molecular flexibility index (Phi) is 42.5. The SMILES string of the molecule is C.C.C.C.C.C.C.C.CCC[Si](C)(C)O[SiH](C)O[Si](C)(CCC1CCCC2OC12)O[Si](C)(C)CCC.CCC[Si](C)(C)O[SiH](C)O[Si](C)(CCCOC(=O)C1CCCC2OC21)O[Si](C)(C)CCC. The molecule has 4 rings (SSSR count). The first-order valence-electron chi connectivity index (χ1n) is 24.5. The average Bonchev–Trinajstić information content (AvgIpc) is 4.03. The zero-order chi connectivity index (χ0) is 45.0. The van der Waals surface area contributed by atoms with Gasteiger partial charge in [-0.2, -0.15) is 0 Å². The van der Waals surface area contributed by atoms with E-state index >= 15 is 0 Å². The summed E-state index contributed by atoms with van der Waals surface area (Å²) in [4.78, 5) is 12.5. The lowest BCUT2D eigenvalue weighted by molar-refractivity contribution is -0.149. The summed E-state index contributed by atoms with van der Waals surface area (Å²) in [5.41, 5.74) is 0. The van der Waals surface area contributed by atoms with Crippen LogP contribution in [0.4, 0.5) is 0 Å². The number of rotatable bonds is 28. The zero-order valence-electron chi connectivity index (χ0n) is 41.6. The number of carbonyl (C=O) groups excluding carboxylic acids is 1. The molecule has 2 saturated heterocycles. The van der Waals surface area contributed by atoms with Crippen LogP contribution in [0, 0.1) is 11.8 Å². The van der Waals surface area contributed by atoms with Crippen LogP contribution in [0.1, 0.15) is 164 Å². The number of esters is 1. The Morgan fingerprint density at radius 1 is 0.500 bits per heavy atom. The molecule has 0 radical (unpaired) electrons. The summed E-state index contributed by atoms with van der Waals surface area (Å²) in [6.07, 6.45) is 15.2. The number of carbonyl (C=O) groups is 1. The van der Waals surface area contributed by atoms with E-state index in [2.05, 4.69) is 106 Å². The van der Waals surface area contributed by atoms with Crippen molar-refractivity contribution in [1.82, 2.24) is 0 Å². The second-order valence-corrected chi connectivity index (χ2v) is 50.7. The van der Waals surface area contributed by atoms with Crippen molar-refractivity contribution in [2.75, 3.05) is 6.61 Å². The molecule has 2 saturated carbocycles. The second-order valence-electron chi connectivity index (χ2n) is 21.4. The van der Waals surface area contributed by atoms with Crippen LogP contribution < -0.4 is 0 Å². The molecule has 18 heteroatoms. The number of epoxide rings is 2. The van der Waals surface area contributed by atoms with Gasteiger partial charge in [-0.05, 0) is 166 Å². The quantitative estimate of drug-likeness (QED) is 0.0325. The highest BCUT2D eigenvalue weighted by Crippen LogP contribution is 2.44. The van der Waals surface area contributed by atoms with Crippen molar-refractivity contribution in [3.05, 3.63) is 0 Å². The molecular formula is C50H126O10Si8. The van der Waals surface area contributed by atoms with Crippen molar-refractivity contribution in [3.63, 3.8) is 0 Å². The van der Waals surface area contributed by atoms with E-state index in [1.807, 2.05) is 0 Å². The van der Waals surface area contributed by atoms with E-state index in [0.717, 1.165) is 68.6 Å². The largest absolute Gasteiger partial charge is 0.465 e. The Labute approximate surface area is 438 Å². The van der Waals surface area contributed by atoms with Crippen LogP contribution in [0.3, 0.4) is 0 Å². The van der Waals surface area contributed by atoms with Gasteiger partial charge >= 0.3 is 23.1 Å². The molecule has 10 nitrogen and oxygen atoms in total. The molecule has 0 aromatic carbocycles. The molecule has 10 atom stereocenters. The van der Waals surface area contributed by atoms with Gasteiger partial charge in [0, 0.05) is 0 Å². The van der Waals surface area contributed by atoms with Crippen LogP contribution in [-0.4, -0.2) is 106 Å². The summed E-state index contributed by atoms with van der Waals surface area (Å²) in [5, 5.41) is 0. The molecule has 0 N–H and O–H groups in total. The fourth-order valence-corrected chi connectivity index (χ4v) is 45.1.